The molecule has 7 heteroatoms. The van der Waals surface area contributed by atoms with E-state index in [1.807, 2.05) is 18.9 Å². The first-order chi connectivity index (χ1) is 11.7. The Morgan fingerprint density at radius 2 is 2.25 bits per heavy atom. The summed E-state index contributed by atoms with van der Waals surface area (Å²) < 4.78 is 5.19. The Hall–Kier alpha value is -2.44. The number of rotatable bonds is 5. The molecule has 0 saturated carbocycles. The Morgan fingerprint density at radius 3 is 3.00 bits per heavy atom. The molecule has 0 bridgehead atoms. The van der Waals surface area contributed by atoms with Crippen molar-refractivity contribution < 1.29 is 9.32 Å². The maximum Gasteiger partial charge on any atom is 0.292 e. The van der Waals surface area contributed by atoms with Gasteiger partial charge in [-0.25, -0.2) is 4.98 Å². The topological polar surface area (TPSA) is 84.2 Å². The molecule has 0 aliphatic carbocycles. The summed E-state index contributed by atoms with van der Waals surface area (Å²) in [6, 6.07) is 1.74. The van der Waals surface area contributed by atoms with Crippen molar-refractivity contribution in [3.8, 4) is 0 Å². The molecule has 1 saturated heterocycles. The highest BCUT2D eigenvalue weighted by Crippen LogP contribution is 2.23. The van der Waals surface area contributed by atoms with E-state index in [0.29, 0.717) is 18.2 Å². The molecule has 0 unspecified atom stereocenters. The Morgan fingerprint density at radius 1 is 1.42 bits per heavy atom. The molecule has 2 aromatic heterocycles. The number of nitrogens with zero attached hydrogens (tertiary/aromatic N) is 4. The first-order valence-electron chi connectivity index (χ1n) is 8.43. The lowest BCUT2D eigenvalue weighted by Crippen LogP contribution is -2.40. The van der Waals surface area contributed by atoms with E-state index in [0.717, 1.165) is 49.4 Å². The quantitative estimate of drug-likeness (QED) is 0.905. The standard InChI is InChI=1S/C17H23N5O2/c1-3-13-10-15(24-21-13)17(23)22-8-4-5-12(11-22)9-14-16(18-2)20-7-6-19-14/h6-7,10,12H,3-5,8-9,11H2,1-2H3,(H,18,20)/t12-/m1/s1. The molecule has 0 aromatic carbocycles. The molecule has 3 rings (SSSR count). The van der Waals surface area contributed by atoms with Crippen LogP contribution in [0.1, 0.15) is 41.7 Å². The third kappa shape index (κ3) is 3.55. The van der Waals surface area contributed by atoms with E-state index in [1.165, 1.54) is 0 Å². The molecule has 1 aliphatic rings. The second-order valence-corrected chi connectivity index (χ2v) is 6.10. The van der Waals surface area contributed by atoms with E-state index in [-0.39, 0.29) is 5.91 Å². The number of hydrogen-bond acceptors (Lipinski definition) is 6. The molecule has 1 fully saturated rings. The van der Waals surface area contributed by atoms with Crippen molar-refractivity contribution in [1.82, 2.24) is 20.0 Å². The van der Waals surface area contributed by atoms with Gasteiger partial charge in [-0.2, -0.15) is 0 Å². The maximum absolute atomic E-state index is 12.6. The van der Waals surface area contributed by atoms with E-state index in [4.69, 9.17) is 4.52 Å². The number of carbonyl (C=O) groups is 1. The van der Waals surface area contributed by atoms with E-state index >= 15 is 0 Å². The molecular weight excluding hydrogens is 306 g/mol. The lowest BCUT2D eigenvalue weighted by Gasteiger charge is -2.32. The summed E-state index contributed by atoms with van der Waals surface area (Å²) in [5.74, 6) is 1.45. The second kappa shape index (κ2) is 7.42. The first kappa shape index (κ1) is 16.4. The fourth-order valence-electron chi connectivity index (χ4n) is 3.15. The molecule has 128 valence electrons. The lowest BCUT2D eigenvalue weighted by atomic mass is 9.93. The third-order valence-electron chi connectivity index (χ3n) is 4.43. The van der Waals surface area contributed by atoms with Crippen molar-refractivity contribution in [2.75, 3.05) is 25.5 Å². The van der Waals surface area contributed by atoms with Gasteiger partial charge >= 0.3 is 0 Å². The summed E-state index contributed by atoms with van der Waals surface area (Å²) in [5.41, 5.74) is 1.76. The molecule has 0 radical (unpaired) electrons. The summed E-state index contributed by atoms with van der Waals surface area (Å²) in [6.07, 6.45) is 7.04. The molecular formula is C17H23N5O2. The Bertz CT molecular complexity index is 700. The van der Waals surface area contributed by atoms with Crippen molar-refractivity contribution in [3.05, 3.63) is 35.6 Å². The van der Waals surface area contributed by atoms with E-state index in [9.17, 15) is 4.79 Å². The van der Waals surface area contributed by atoms with Crippen LogP contribution in [0.15, 0.2) is 23.0 Å². The van der Waals surface area contributed by atoms with Crippen LogP contribution in [-0.4, -0.2) is 46.1 Å². The molecule has 0 spiro atoms. The third-order valence-corrected chi connectivity index (χ3v) is 4.43. The van der Waals surface area contributed by atoms with Crippen LogP contribution in [-0.2, 0) is 12.8 Å². The van der Waals surface area contributed by atoms with Gasteiger partial charge in [0.05, 0.1) is 11.4 Å². The average Bonchev–Trinajstić information content (AvgIpc) is 3.11. The Kier molecular flexibility index (Phi) is 5.08. The number of likely N-dealkylation sites (tertiary alicyclic amines) is 1. The van der Waals surface area contributed by atoms with Crippen LogP contribution >= 0.6 is 0 Å². The number of aromatic nitrogens is 3. The van der Waals surface area contributed by atoms with Gasteiger partial charge in [0, 0.05) is 38.6 Å². The molecule has 3 heterocycles. The van der Waals surface area contributed by atoms with Gasteiger partial charge in [0.1, 0.15) is 5.82 Å². The molecule has 24 heavy (non-hydrogen) atoms. The number of piperidine rings is 1. The number of hydrogen-bond donors (Lipinski definition) is 1. The van der Waals surface area contributed by atoms with Crippen LogP contribution in [0.4, 0.5) is 5.82 Å². The summed E-state index contributed by atoms with van der Waals surface area (Å²) in [4.78, 5) is 23.2. The zero-order chi connectivity index (χ0) is 16.9. The molecule has 2 aromatic rings. The molecule has 7 nitrogen and oxygen atoms in total. The monoisotopic (exact) mass is 329 g/mol. The normalized spacial score (nSPS) is 17.8. The van der Waals surface area contributed by atoms with Gasteiger partial charge in [-0.3, -0.25) is 9.78 Å². The molecule has 1 aliphatic heterocycles. The average molecular weight is 329 g/mol. The summed E-state index contributed by atoms with van der Waals surface area (Å²) >= 11 is 0. The van der Waals surface area contributed by atoms with Gasteiger partial charge in [-0.1, -0.05) is 12.1 Å². The van der Waals surface area contributed by atoms with Crippen molar-refractivity contribution in [2.24, 2.45) is 5.92 Å². The SMILES string of the molecule is CCc1cc(C(=O)N2CCC[C@H](Cc3nccnc3NC)C2)on1. The smallest absolute Gasteiger partial charge is 0.292 e. The second-order valence-electron chi connectivity index (χ2n) is 6.10. The Labute approximate surface area is 141 Å². The van der Waals surface area contributed by atoms with E-state index in [2.05, 4.69) is 20.4 Å². The van der Waals surface area contributed by atoms with Crippen LogP contribution in [0.2, 0.25) is 0 Å². The zero-order valence-corrected chi connectivity index (χ0v) is 14.2. The predicted molar refractivity (Wildman–Crippen MR) is 89.8 cm³/mol. The van der Waals surface area contributed by atoms with Crippen molar-refractivity contribution in [1.29, 1.82) is 0 Å². The van der Waals surface area contributed by atoms with Crippen LogP contribution in [0.3, 0.4) is 0 Å². The van der Waals surface area contributed by atoms with E-state index < -0.39 is 0 Å². The lowest BCUT2D eigenvalue weighted by molar-refractivity contribution is 0.0631. The van der Waals surface area contributed by atoms with Crippen LogP contribution in [0, 0.1) is 5.92 Å². The van der Waals surface area contributed by atoms with E-state index in [1.54, 1.807) is 18.5 Å². The fraction of sp³-hybridized carbons (Fsp3) is 0.529. The van der Waals surface area contributed by atoms with Crippen LogP contribution in [0.5, 0.6) is 0 Å². The van der Waals surface area contributed by atoms with Crippen molar-refractivity contribution in [3.63, 3.8) is 0 Å². The highest BCUT2D eigenvalue weighted by Gasteiger charge is 2.27. The summed E-state index contributed by atoms with van der Waals surface area (Å²) in [6.45, 7) is 3.46. The minimum Gasteiger partial charge on any atom is -0.372 e. The maximum atomic E-state index is 12.6. The van der Waals surface area contributed by atoms with Gasteiger partial charge in [0.2, 0.25) is 5.76 Å². The Balaban J connectivity index is 1.66. The van der Waals surface area contributed by atoms with Gasteiger partial charge in [0.25, 0.3) is 5.91 Å². The number of nitrogens with one attached hydrogen (secondary N) is 1. The van der Waals surface area contributed by atoms with Gasteiger partial charge in [0.15, 0.2) is 0 Å². The number of carbonyl (C=O) groups excluding carboxylic acids is 1. The molecule has 1 N–H and O–H groups in total. The minimum absolute atomic E-state index is 0.0696. The van der Waals surface area contributed by atoms with Gasteiger partial charge in [-0.05, 0) is 31.6 Å². The highest BCUT2D eigenvalue weighted by atomic mass is 16.5. The number of aryl methyl sites for hydroxylation is 1. The van der Waals surface area contributed by atoms with Crippen molar-refractivity contribution in [2.45, 2.75) is 32.6 Å². The highest BCUT2D eigenvalue weighted by molar-refractivity contribution is 5.91. The first-order valence-corrected chi connectivity index (χ1v) is 8.43. The van der Waals surface area contributed by atoms with Crippen LogP contribution < -0.4 is 5.32 Å². The molecule has 1 atom stereocenters. The zero-order valence-electron chi connectivity index (χ0n) is 14.2. The molecule has 1 amide bonds. The van der Waals surface area contributed by atoms with Gasteiger partial charge < -0.3 is 14.7 Å². The largest absolute Gasteiger partial charge is 0.372 e. The minimum atomic E-state index is -0.0696. The predicted octanol–water partition coefficient (Wildman–Crippen LogP) is 2.16. The number of anilines is 1. The summed E-state index contributed by atoms with van der Waals surface area (Å²) in [5, 5.41) is 6.99. The van der Waals surface area contributed by atoms with Crippen molar-refractivity contribution >= 4 is 11.7 Å². The summed E-state index contributed by atoms with van der Waals surface area (Å²) in [7, 11) is 1.85. The van der Waals surface area contributed by atoms with Gasteiger partial charge in [-0.15, -0.1) is 0 Å². The fourth-order valence-corrected chi connectivity index (χ4v) is 3.15. The number of amides is 1. The van der Waals surface area contributed by atoms with Crippen LogP contribution in [0.25, 0.3) is 0 Å².